The number of rotatable bonds is 5. The fourth-order valence-electron chi connectivity index (χ4n) is 5.14. The molecule has 5 unspecified atom stereocenters. The maximum absolute atomic E-state index is 12.8. The smallest absolute Gasteiger partial charge is 0.165 e. The highest BCUT2D eigenvalue weighted by atomic mass is 16.3. The normalized spacial score (nSPS) is 41.8. The lowest BCUT2D eigenvalue weighted by atomic mass is 9.48. The SMILES string of the molecule is CC1C(O)C(=O)C2C([C@@H](C)CCC2(C)C)C1(O)CCCC(=O)CO. The molecule has 2 rings (SSSR count). The van der Waals surface area contributed by atoms with E-state index >= 15 is 0 Å². The zero-order chi connectivity index (χ0) is 18.3. The minimum absolute atomic E-state index is 0.139. The Morgan fingerprint density at radius 2 is 1.92 bits per heavy atom. The predicted octanol–water partition coefficient (Wildman–Crippen LogP) is 1.72. The average Bonchev–Trinajstić information content (AvgIpc) is 2.52. The standard InChI is InChI=1S/C19H32O5/c1-11-7-9-18(3,4)15-14(11)19(24,8-5-6-13(21)10-20)12(2)16(22)17(15)23/h11-12,14-16,20,22,24H,5-10H2,1-4H3/t11-,12?,14?,15?,16?,19?/m0/s1. The second-order valence-electron chi connectivity index (χ2n) is 8.69. The first-order valence-corrected chi connectivity index (χ1v) is 9.13. The Bertz CT molecular complexity index is 500. The van der Waals surface area contributed by atoms with Crippen LogP contribution in [0.1, 0.15) is 59.8 Å². The summed E-state index contributed by atoms with van der Waals surface area (Å²) in [6.07, 6.45) is 1.73. The largest absolute Gasteiger partial charge is 0.389 e. The van der Waals surface area contributed by atoms with Gasteiger partial charge in [0, 0.05) is 24.2 Å². The molecule has 0 aromatic heterocycles. The zero-order valence-electron chi connectivity index (χ0n) is 15.3. The third kappa shape index (κ3) is 3.18. The number of aliphatic hydroxyl groups excluding tert-OH is 2. The second kappa shape index (κ2) is 6.85. The van der Waals surface area contributed by atoms with E-state index in [1.165, 1.54) is 0 Å². The van der Waals surface area contributed by atoms with E-state index in [9.17, 15) is 19.8 Å². The van der Waals surface area contributed by atoms with Gasteiger partial charge in [0.05, 0.1) is 5.60 Å². The van der Waals surface area contributed by atoms with Crippen molar-refractivity contribution < 1.29 is 24.9 Å². The van der Waals surface area contributed by atoms with Gasteiger partial charge in [0.1, 0.15) is 12.7 Å². The first kappa shape index (κ1) is 19.5. The summed E-state index contributed by atoms with van der Waals surface area (Å²) in [6.45, 7) is 7.43. The first-order valence-electron chi connectivity index (χ1n) is 9.13. The minimum atomic E-state index is -1.16. The van der Waals surface area contributed by atoms with Gasteiger partial charge in [-0.05, 0) is 37.0 Å². The molecular formula is C19H32O5. The van der Waals surface area contributed by atoms with Crippen molar-refractivity contribution in [3.05, 3.63) is 0 Å². The molecule has 2 aliphatic carbocycles. The van der Waals surface area contributed by atoms with Gasteiger partial charge in [0.25, 0.3) is 0 Å². The summed E-state index contributed by atoms with van der Waals surface area (Å²) in [4.78, 5) is 24.2. The van der Waals surface area contributed by atoms with Crippen molar-refractivity contribution in [1.29, 1.82) is 0 Å². The fourth-order valence-corrected chi connectivity index (χ4v) is 5.14. The van der Waals surface area contributed by atoms with Crippen molar-refractivity contribution >= 4 is 11.6 Å². The van der Waals surface area contributed by atoms with Crippen LogP contribution in [0.15, 0.2) is 0 Å². The Morgan fingerprint density at radius 3 is 2.50 bits per heavy atom. The maximum atomic E-state index is 12.8. The Labute approximate surface area is 144 Å². The number of Topliss-reactive ketones (excluding diaryl/α,β-unsaturated/α-hetero) is 2. The van der Waals surface area contributed by atoms with Crippen LogP contribution in [0.4, 0.5) is 0 Å². The van der Waals surface area contributed by atoms with Crippen molar-refractivity contribution in [2.45, 2.75) is 71.5 Å². The summed E-state index contributed by atoms with van der Waals surface area (Å²) >= 11 is 0. The summed E-state index contributed by atoms with van der Waals surface area (Å²) in [6, 6.07) is 0. The van der Waals surface area contributed by atoms with Crippen LogP contribution in [0, 0.1) is 29.1 Å². The van der Waals surface area contributed by atoms with E-state index in [0.29, 0.717) is 12.8 Å². The van der Waals surface area contributed by atoms with Crippen molar-refractivity contribution in [2.75, 3.05) is 6.61 Å². The molecule has 5 heteroatoms. The number of carbonyl (C=O) groups excluding carboxylic acids is 2. The van der Waals surface area contributed by atoms with Gasteiger partial charge >= 0.3 is 0 Å². The van der Waals surface area contributed by atoms with Gasteiger partial charge in [-0.15, -0.1) is 0 Å². The van der Waals surface area contributed by atoms with Gasteiger partial charge in [-0.3, -0.25) is 9.59 Å². The lowest BCUT2D eigenvalue weighted by Gasteiger charge is -2.58. The molecule has 5 nitrogen and oxygen atoms in total. The molecular weight excluding hydrogens is 308 g/mol. The molecule has 0 amide bonds. The second-order valence-corrected chi connectivity index (χ2v) is 8.69. The van der Waals surface area contributed by atoms with Gasteiger partial charge < -0.3 is 15.3 Å². The molecule has 0 aromatic rings. The van der Waals surface area contributed by atoms with Crippen LogP contribution in [0.25, 0.3) is 0 Å². The number of ketones is 2. The third-order valence-electron chi connectivity index (χ3n) is 6.70. The van der Waals surface area contributed by atoms with Crippen LogP contribution in [0.5, 0.6) is 0 Å². The molecule has 0 heterocycles. The predicted molar refractivity (Wildman–Crippen MR) is 90.2 cm³/mol. The Balaban J connectivity index is 2.32. The van der Waals surface area contributed by atoms with Crippen LogP contribution in [0.2, 0.25) is 0 Å². The van der Waals surface area contributed by atoms with E-state index in [-0.39, 0.29) is 41.2 Å². The first-order chi connectivity index (χ1) is 11.1. The van der Waals surface area contributed by atoms with E-state index in [1.54, 1.807) is 6.92 Å². The molecule has 0 bridgehead atoms. The Hall–Kier alpha value is -0.780. The average molecular weight is 340 g/mol. The maximum Gasteiger partial charge on any atom is 0.165 e. The molecule has 3 N–H and O–H groups in total. The highest BCUT2D eigenvalue weighted by Crippen LogP contribution is 2.57. The molecule has 24 heavy (non-hydrogen) atoms. The monoisotopic (exact) mass is 340 g/mol. The van der Waals surface area contributed by atoms with E-state index in [1.807, 2.05) is 13.8 Å². The van der Waals surface area contributed by atoms with Gasteiger partial charge in [-0.1, -0.05) is 27.7 Å². The Kier molecular flexibility index (Phi) is 5.58. The summed E-state index contributed by atoms with van der Waals surface area (Å²) < 4.78 is 0. The van der Waals surface area contributed by atoms with Crippen LogP contribution in [-0.4, -0.2) is 45.2 Å². The Morgan fingerprint density at radius 1 is 1.29 bits per heavy atom. The number of hydrogen-bond acceptors (Lipinski definition) is 5. The van der Waals surface area contributed by atoms with E-state index in [4.69, 9.17) is 5.11 Å². The summed E-state index contributed by atoms with van der Waals surface area (Å²) in [5.41, 5.74) is -1.41. The third-order valence-corrected chi connectivity index (χ3v) is 6.70. The van der Waals surface area contributed by atoms with Crippen molar-refractivity contribution in [3.8, 4) is 0 Å². The fraction of sp³-hybridized carbons (Fsp3) is 0.895. The summed E-state index contributed by atoms with van der Waals surface area (Å²) in [5, 5.41) is 30.9. The van der Waals surface area contributed by atoms with Crippen molar-refractivity contribution in [2.24, 2.45) is 29.1 Å². The van der Waals surface area contributed by atoms with Gasteiger partial charge in [-0.2, -0.15) is 0 Å². The minimum Gasteiger partial charge on any atom is -0.389 e. The van der Waals surface area contributed by atoms with Crippen LogP contribution in [-0.2, 0) is 9.59 Å². The van der Waals surface area contributed by atoms with E-state index in [0.717, 1.165) is 12.8 Å². The highest BCUT2D eigenvalue weighted by Gasteiger charge is 2.62. The molecule has 6 atom stereocenters. The molecule has 2 aliphatic rings. The molecule has 0 aromatic carbocycles. The topological polar surface area (TPSA) is 94.8 Å². The molecule has 138 valence electrons. The number of hydrogen-bond donors (Lipinski definition) is 3. The summed E-state index contributed by atoms with van der Waals surface area (Å²) in [7, 11) is 0. The van der Waals surface area contributed by atoms with E-state index in [2.05, 4.69) is 6.92 Å². The van der Waals surface area contributed by atoms with Gasteiger partial charge in [0.15, 0.2) is 11.6 Å². The lowest BCUT2D eigenvalue weighted by molar-refractivity contribution is -0.204. The van der Waals surface area contributed by atoms with Crippen LogP contribution >= 0.6 is 0 Å². The van der Waals surface area contributed by atoms with Crippen molar-refractivity contribution in [1.82, 2.24) is 0 Å². The summed E-state index contributed by atoms with van der Waals surface area (Å²) in [5.74, 6) is -1.29. The zero-order valence-corrected chi connectivity index (χ0v) is 15.3. The molecule has 0 saturated heterocycles. The molecule has 2 fully saturated rings. The quantitative estimate of drug-likeness (QED) is 0.708. The van der Waals surface area contributed by atoms with Gasteiger partial charge in [0.2, 0.25) is 0 Å². The highest BCUT2D eigenvalue weighted by molar-refractivity contribution is 5.88. The van der Waals surface area contributed by atoms with E-state index < -0.39 is 24.2 Å². The number of fused-ring (bicyclic) bond motifs is 1. The molecule has 0 aliphatic heterocycles. The van der Waals surface area contributed by atoms with Crippen molar-refractivity contribution in [3.63, 3.8) is 0 Å². The number of carbonyl (C=O) groups is 2. The van der Waals surface area contributed by atoms with Crippen LogP contribution < -0.4 is 0 Å². The molecule has 0 spiro atoms. The lowest BCUT2D eigenvalue weighted by Crippen LogP contribution is -2.66. The molecule has 2 saturated carbocycles. The number of aliphatic hydroxyl groups is 3. The van der Waals surface area contributed by atoms with Crippen LogP contribution in [0.3, 0.4) is 0 Å². The molecule has 0 radical (unpaired) electrons. The van der Waals surface area contributed by atoms with Gasteiger partial charge in [-0.25, -0.2) is 0 Å².